The Morgan fingerprint density at radius 1 is 1.42 bits per heavy atom. The molecule has 0 unspecified atom stereocenters. The summed E-state index contributed by atoms with van der Waals surface area (Å²) in [5.74, 6) is 0.872. The Labute approximate surface area is 76.2 Å². The highest BCUT2D eigenvalue weighted by Crippen LogP contribution is 2.31. The SMILES string of the molecule is CC/C=C(\NCCC)C1CCC1. The molecule has 0 spiro atoms. The molecule has 0 atom stereocenters. The van der Waals surface area contributed by atoms with E-state index in [0.29, 0.717) is 0 Å². The molecular weight excluding hydrogens is 146 g/mol. The average Bonchev–Trinajstić information content (AvgIpc) is 1.97. The van der Waals surface area contributed by atoms with Gasteiger partial charge in [0.1, 0.15) is 0 Å². The van der Waals surface area contributed by atoms with Gasteiger partial charge in [-0.25, -0.2) is 0 Å². The van der Waals surface area contributed by atoms with Gasteiger partial charge in [0.2, 0.25) is 0 Å². The molecule has 1 fully saturated rings. The van der Waals surface area contributed by atoms with E-state index in [-0.39, 0.29) is 0 Å². The summed E-state index contributed by atoms with van der Waals surface area (Å²) in [6.45, 7) is 5.58. The van der Waals surface area contributed by atoms with Gasteiger partial charge < -0.3 is 5.32 Å². The third kappa shape index (κ3) is 2.54. The Morgan fingerprint density at radius 3 is 2.58 bits per heavy atom. The topological polar surface area (TPSA) is 12.0 Å². The highest BCUT2D eigenvalue weighted by atomic mass is 14.9. The molecule has 1 heteroatoms. The molecule has 1 aliphatic rings. The van der Waals surface area contributed by atoms with Crippen LogP contribution >= 0.6 is 0 Å². The van der Waals surface area contributed by atoms with Crippen molar-refractivity contribution in [2.24, 2.45) is 5.92 Å². The fourth-order valence-electron chi connectivity index (χ4n) is 1.59. The normalized spacial score (nSPS) is 19.0. The van der Waals surface area contributed by atoms with Gasteiger partial charge in [0.25, 0.3) is 0 Å². The van der Waals surface area contributed by atoms with Gasteiger partial charge in [0.05, 0.1) is 0 Å². The maximum Gasteiger partial charge on any atom is 0.0141 e. The summed E-state index contributed by atoms with van der Waals surface area (Å²) in [7, 11) is 0. The molecule has 0 radical (unpaired) electrons. The maximum atomic E-state index is 3.53. The summed E-state index contributed by atoms with van der Waals surface area (Å²) in [6.07, 6.45) is 9.00. The molecule has 0 aliphatic heterocycles. The highest BCUT2D eigenvalue weighted by molar-refractivity contribution is 5.07. The largest absolute Gasteiger partial charge is 0.388 e. The lowest BCUT2D eigenvalue weighted by atomic mass is 9.82. The second kappa shape index (κ2) is 5.23. The minimum absolute atomic E-state index is 0.872. The van der Waals surface area contributed by atoms with E-state index in [9.17, 15) is 0 Å². The molecule has 1 nitrogen and oxygen atoms in total. The number of hydrogen-bond acceptors (Lipinski definition) is 1. The van der Waals surface area contributed by atoms with E-state index in [1.165, 1.54) is 37.8 Å². The summed E-state index contributed by atoms with van der Waals surface area (Å²) >= 11 is 0. The molecule has 70 valence electrons. The van der Waals surface area contributed by atoms with Crippen molar-refractivity contribution in [3.63, 3.8) is 0 Å². The van der Waals surface area contributed by atoms with E-state index in [4.69, 9.17) is 0 Å². The lowest BCUT2D eigenvalue weighted by molar-refractivity contribution is 0.348. The first kappa shape index (κ1) is 9.63. The van der Waals surface area contributed by atoms with Crippen molar-refractivity contribution in [2.45, 2.75) is 46.0 Å². The van der Waals surface area contributed by atoms with Crippen molar-refractivity contribution in [3.8, 4) is 0 Å². The van der Waals surface area contributed by atoms with Crippen molar-refractivity contribution in [1.29, 1.82) is 0 Å². The van der Waals surface area contributed by atoms with Crippen LogP contribution in [0, 0.1) is 5.92 Å². The highest BCUT2D eigenvalue weighted by Gasteiger charge is 2.20. The van der Waals surface area contributed by atoms with Crippen LogP contribution in [0.15, 0.2) is 11.8 Å². The fraction of sp³-hybridized carbons (Fsp3) is 0.818. The monoisotopic (exact) mass is 167 g/mol. The van der Waals surface area contributed by atoms with Crippen molar-refractivity contribution in [3.05, 3.63) is 11.8 Å². The molecular formula is C11H21N. The van der Waals surface area contributed by atoms with Crippen LogP contribution in [-0.4, -0.2) is 6.54 Å². The van der Waals surface area contributed by atoms with Gasteiger partial charge in [-0.2, -0.15) is 0 Å². The molecule has 0 amide bonds. The van der Waals surface area contributed by atoms with Crippen LogP contribution in [0.1, 0.15) is 46.0 Å². The first-order valence-corrected chi connectivity index (χ1v) is 5.32. The zero-order valence-electron chi connectivity index (χ0n) is 8.40. The zero-order valence-corrected chi connectivity index (χ0v) is 8.40. The Morgan fingerprint density at radius 2 is 2.17 bits per heavy atom. The van der Waals surface area contributed by atoms with Crippen molar-refractivity contribution in [1.82, 2.24) is 5.32 Å². The van der Waals surface area contributed by atoms with E-state index in [2.05, 4.69) is 25.2 Å². The summed E-state index contributed by atoms with van der Waals surface area (Å²) in [6, 6.07) is 0. The standard InChI is InChI=1S/C11H21N/c1-3-6-11(12-9-4-2)10-7-5-8-10/h6,10,12H,3-5,7-9H2,1-2H3/b11-6-. The first-order valence-electron chi connectivity index (χ1n) is 5.32. The van der Waals surface area contributed by atoms with Crippen LogP contribution < -0.4 is 5.32 Å². The predicted molar refractivity (Wildman–Crippen MR) is 54.0 cm³/mol. The fourth-order valence-corrected chi connectivity index (χ4v) is 1.59. The minimum Gasteiger partial charge on any atom is -0.388 e. The summed E-state index contributed by atoms with van der Waals surface area (Å²) in [5.41, 5.74) is 1.52. The molecule has 0 aromatic heterocycles. The molecule has 1 rings (SSSR count). The van der Waals surface area contributed by atoms with Crippen LogP contribution in [0.5, 0.6) is 0 Å². The molecule has 0 bridgehead atoms. The summed E-state index contributed by atoms with van der Waals surface area (Å²) in [5, 5.41) is 3.53. The Kier molecular flexibility index (Phi) is 4.20. The van der Waals surface area contributed by atoms with E-state index in [1.807, 2.05) is 0 Å². The minimum atomic E-state index is 0.872. The van der Waals surface area contributed by atoms with Gasteiger partial charge in [-0.1, -0.05) is 26.3 Å². The molecule has 12 heavy (non-hydrogen) atoms. The van der Waals surface area contributed by atoms with Crippen molar-refractivity contribution >= 4 is 0 Å². The second-order valence-corrected chi connectivity index (χ2v) is 3.62. The molecule has 1 aliphatic carbocycles. The van der Waals surface area contributed by atoms with Crippen LogP contribution in [-0.2, 0) is 0 Å². The molecule has 0 aromatic rings. The lowest BCUT2D eigenvalue weighted by Crippen LogP contribution is -2.25. The third-order valence-corrected chi connectivity index (χ3v) is 2.55. The Hall–Kier alpha value is -0.460. The van der Waals surface area contributed by atoms with Gasteiger partial charge in [0.15, 0.2) is 0 Å². The van der Waals surface area contributed by atoms with E-state index < -0.39 is 0 Å². The number of hydrogen-bond donors (Lipinski definition) is 1. The summed E-state index contributed by atoms with van der Waals surface area (Å²) in [4.78, 5) is 0. The van der Waals surface area contributed by atoms with Crippen LogP contribution in [0.3, 0.4) is 0 Å². The molecule has 0 heterocycles. The third-order valence-electron chi connectivity index (χ3n) is 2.55. The quantitative estimate of drug-likeness (QED) is 0.663. The number of nitrogens with one attached hydrogen (secondary N) is 1. The molecule has 0 saturated heterocycles. The van der Waals surface area contributed by atoms with E-state index >= 15 is 0 Å². The van der Waals surface area contributed by atoms with E-state index in [1.54, 1.807) is 0 Å². The van der Waals surface area contributed by atoms with Gasteiger partial charge >= 0.3 is 0 Å². The number of allylic oxidation sites excluding steroid dienone is 2. The van der Waals surface area contributed by atoms with Crippen LogP contribution in [0.25, 0.3) is 0 Å². The number of rotatable bonds is 5. The Bertz CT molecular complexity index is 145. The summed E-state index contributed by atoms with van der Waals surface area (Å²) < 4.78 is 0. The van der Waals surface area contributed by atoms with Crippen molar-refractivity contribution in [2.75, 3.05) is 6.54 Å². The molecule has 1 saturated carbocycles. The molecule has 0 aromatic carbocycles. The lowest BCUT2D eigenvalue weighted by Gasteiger charge is -2.29. The zero-order chi connectivity index (χ0) is 8.81. The van der Waals surface area contributed by atoms with E-state index in [0.717, 1.165) is 12.5 Å². The van der Waals surface area contributed by atoms with Gasteiger partial charge in [-0.05, 0) is 31.6 Å². The predicted octanol–water partition coefficient (Wildman–Crippen LogP) is 3.08. The second-order valence-electron chi connectivity index (χ2n) is 3.62. The first-order chi connectivity index (χ1) is 5.88. The van der Waals surface area contributed by atoms with Gasteiger partial charge in [-0.3, -0.25) is 0 Å². The van der Waals surface area contributed by atoms with Gasteiger partial charge in [0, 0.05) is 12.2 Å². The van der Waals surface area contributed by atoms with Crippen LogP contribution in [0.4, 0.5) is 0 Å². The molecule has 1 N–H and O–H groups in total. The van der Waals surface area contributed by atoms with Crippen LogP contribution in [0.2, 0.25) is 0 Å². The van der Waals surface area contributed by atoms with Gasteiger partial charge in [-0.15, -0.1) is 0 Å². The maximum absolute atomic E-state index is 3.53. The Balaban J connectivity index is 2.32. The smallest absolute Gasteiger partial charge is 0.0141 e. The van der Waals surface area contributed by atoms with Crippen molar-refractivity contribution < 1.29 is 0 Å². The average molecular weight is 167 g/mol.